The molecule has 0 aliphatic heterocycles. The Balaban J connectivity index is 2.41. The molecule has 0 aliphatic carbocycles. The van der Waals surface area contributed by atoms with Crippen molar-refractivity contribution in [2.45, 2.75) is 13.0 Å². The first-order chi connectivity index (χ1) is 8.10. The number of rotatable bonds is 3. The molecule has 2 rings (SSSR count). The molecule has 0 saturated carbocycles. The Labute approximate surface area is 113 Å². The van der Waals surface area contributed by atoms with E-state index in [0.717, 1.165) is 20.5 Å². The molecule has 90 valence electrons. The van der Waals surface area contributed by atoms with Crippen molar-refractivity contribution < 1.29 is 4.39 Å². The largest absolute Gasteiger partial charge is 0.309 e. The first-order valence-corrected chi connectivity index (χ1v) is 6.95. The normalized spacial score (nSPS) is 12.7. The highest BCUT2D eigenvalue weighted by molar-refractivity contribution is 9.11. The van der Waals surface area contributed by atoms with E-state index in [9.17, 15) is 4.39 Å². The van der Waals surface area contributed by atoms with Crippen LogP contribution in [0.1, 0.15) is 22.7 Å². The van der Waals surface area contributed by atoms with Gasteiger partial charge in [-0.2, -0.15) is 0 Å². The molecule has 0 amide bonds. The zero-order valence-corrected chi connectivity index (χ0v) is 12.0. The van der Waals surface area contributed by atoms with Crippen molar-refractivity contribution in [3.8, 4) is 0 Å². The Bertz CT molecular complexity index is 504. The summed E-state index contributed by atoms with van der Waals surface area (Å²) in [7, 11) is 1.89. The van der Waals surface area contributed by atoms with Crippen LogP contribution in [0.2, 0.25) is 0 Å². The highest BCUT2D eigenvalue weighted by Crippen LogP contribution is 2.29. The van der Waals surface area contributed by atoms with Crippen molar-refractivity contribution in [3.05, 3.63) is 55.9 Å². The summed E-state index contributed by atoms with van der Waals surface area (Å²) in [5.41, 5.74) is 3.04. The van der Waals surface area contributed by atoms with Gasteiger partial charge in [-0.1, -0.05) is 6.07 Å². The molecule has 1 heterocycles. The van der Waals surface area contributed by atoms with Crippen molar-refractivity contribution in [3.63, 3.8) is 0 Å². The Kier molecular flexibility index (Phi) is 3.97. The van der Waals surface area contributed by atoms with Crippen LogP contribution in [0.25, 0.3) is 0 Å². The van der Waals surface area contributed by atoms with Gasteiger partial charge in [0.25, 0.3) is 0 Å². The summed E-state index contributed by atoms with van der Waals surface area (Å²) in [5, 5.41) is 5.30. The van der Waals surface area contributed by atoms with E-state index in [4.69, 9.17) is 0 Å². The van der Waals surface area contributed by atoms with Gasteiger partial charge in [0.05, 0.1) is 9.83 Å². The van der Waals surface area contributed by atoms with Gasteiger partial charge in [-0.05, 0) is 70.2 Å². The second kappa shape index (κ2) is 5.29. The maximum absolute atomic E-state index is 13.4. The first-order valence-electron chi connectivity index (χ1n) is 5.28. The third-order valence-corrected chi connectivity index (χ3v) is 4.13. The Hall–Kier alpha value is -0.710. The number of hydrogen-bond acceptors (Lipinski definition) is 2. The highest BCUT2D eigenvalue weighted by Gasteiger charge is 2.14. The van der Waals surface area contributed by atoms with Crippen LogP contribution in [0.5, 0.6) is 0 Å². The SMILES string of the molecule is CNC(c1cc(C)cc(F)c1)c1csc(Br)c1. The van der Waals surface area contributed by atoms with Crippen molar-refractivity contribution in [2.75, 3.05) is 7.05 Å². The van der Waals surface area contributed by atoms with E-state index in [1.807, 2.05) is 20.0 Å². The third-order valence-electron chi connectivity index (χ3n) is 2.61. The van der Waals surface area contributed by atoms with E-state index >= 15 is 0 Å². The molecule has 1 atom stereocenters. The molecular weight excluding hydrogens is 301 g/mol. The average Bonchev–Trinajstić information content (AvgIpc) is 2.64. The molecule has 0 radical (unpaired) electrons. The minimum atomic E-state index is -0.186. The minimum Gasteiger partial charge on any atom is -0.309 e. The summed E-state index contributed by atoms with van der Waals surface area (Å²) in [6, 6.07) is 7.23. The summed E-state index contributed by atoms with van der Waals surface area (Å²) < 4.78 is 14.5. The van der Waals surface area contributed by atoms with Gasteiger partial charge in [-0.25, -0.2) is 4.39 Å². The monoisotopic (exact) mass is 313 g/mol. The lowest BCUT2D eigenvalue weighted by molar-refractivity contribution is 0.615. The van der Waals surface area contributed by atoms with Gasteiger partial charge in [-0.15, -0.1) is 11.3 Å². The summed E-state index contributed by atoms with van der Waals surface area (Å²) in [4.78, 5) is 0. The fraction of sp³-hybridized carbons (Fsp3) is 0.231. The molecule has 1 N–H and O–H groups in total. The van der Waals surface area contributed by atoms with Crippen LogP contribution in [0.4, 0.5) is 4.39 Å². The van der Waals surface area contributed by atoms with E-state index in [1.54, 1.807) is 23.5 Å². The fourth-order valence-corrected chi connectivity index (χ4v) is 3.13. The van der Waals surface area contributed by atoms with Gasteiger partial charge in [0.2, 0.25) is 0 Å². The van der Waals surface area contributed by atoms with Gasteiger partial charge in [0, 0.05) is 0 Å². The fourth-order valence-electron chi connectivity index (χ4n) is 1.93. The predicted octanol–water partition coefficient (Wildman–Crippen LogP) is 4.27. The third kappa shape index (κ3) is 2.94. The molecule has 1 unspecified atom stereocenters. The molecule has 1 aromatic carbocycles. The molecule has 17 heavy (non-hydrogen) atoms. The van der Waals surface area contributed by atoms with Crippen LogP contribution in [0.15, 0.2) is 33.4 Å². The van der Waals surface area contributed by atoms with Gasteiger partial charge < -0.3 is 5.32 Å². The van der Waals surface area contributed by atoms with Crippen molar-refractivity contribution in [1.82, 2.24) is 5.32 Å². The number of hydrogen-bond donors (Lipinski definition) is 1. The Morgan fingerprint density at radius 3 is 2.53 bits per heavy atom. The van der Waals surface area contributed by atoms with Crippen LogP contribution < -0.4 is 5.32 Å². The van der Waals surface area contributed by atoms with Crippen molar-refractivity contribution >= 4 is 27.3 Å². The maximum Gasteiger partial charge on any atom is 0.123 e. The molecule has 1 aromatic heterocycles. The standard InChI is InChI=1S/C13H13BrFNS/c1-8-3-9(5-11(15)4-8)13(16-2)10-6-12(14)17-7-10/h3-7,13,16H,1-2H3. The van der Waals surface area contributed by atoms with Crippen LogP contribution in [-0.4, -0.2) is 7.05 Å². The lowest BCUT2D eigenvalue weighted by Crippen LogP contribution is -2.17. The van der Waals surface area contributed by atoms with Crippen molar-refractivity contribution in [1.29, 1.82) is 0 Å². The van der Waals surface area contributed by atoms with Gasteiger partial charge in [-0.3, -0.25) is 0 Å². The molecule has 0 aliphatic rings. The Morgan fingerprint density at radius 2 is 2.00 bits per heavy atom. The molecule has 0 saturated heterocycles. The van der Waals surface area contributed by atoms with Crippen LogP contribution >= 0.6 is 27.3 Å². The quantitative estimate of drug-likeness (QED) is 0.892. The lowest BCUT2D eigenvalue weighted by Gasteiger charge is -2.16. The van der Waals surface area contributed by atoms with E-state index in [1.165, 1.54) is 0 Å². The number of halogens is 2. The number of benzene rings is 1. The molecule has 1 nitrogen and oxygen atoms in total. The summed E-state index contributed by atoms with van der Waals surface area (Å²) in [6.45, 7) is 1.91. The molecule has 2 aromatic rings. The molecule has 0 fully saturated rings. The number of nitrogens with one attached hydrogen (secondary N) is 1. The molecular formula is C13H13BrFNS. The predicted molar refractivity (Wildman–Crippen MR) is 74.1 cm³/mol. The van der Waals surface area contributed by atoms with Crippen LogP contribution in [0.3, 0.4) is 0 Å². The first kappa shape index (κ1) is 12.7. The van der Waals surface area contributed by atoms with E-state index in [-0.39, 0.29) is 11.9 Å². The smallest absolute Gasteiger partial charge is 0.123 e. The molecule has 0 bridgehead atoms. The van der Waals surface area contributed by atoms with Gasteiger partial charge in [0.1, 0.15) is 5.82 Å². The van der Waals surface area contributed by atoms with E-state index in [0.29, 0.717) is 0 Å². The minimum absolute atomic E-state index is 0.0342. The number of aryl methyl sites for hydroxylation is 1. The Morgan fingerprint density at radius 1 is 1.24 bits per heavy atom. The summed E-state index contributed by atoms with van der Waals surface area (Å²) in [6.07, 6.45) is 0. The zero-order valence-electron chi connectivity index (χ0n) is 9.63. The second-order valence-corrected chi connectivity index (χ2v) is 6.26. The lowest BCUT2D eigenvalue weighted by atomic mass is 9.99. The van der Waals surface area contributed by atoms with E-state index < -0.39 is 0 Å². The zero-order chi connectivity index (χ0) is 12.4. The summed E-state index contributed by atoms with van der Waals surface area (Å²) in [5.74, 6) is -0.186. The molecule has 0 spiro atoms. The van der Waals surface area contributed by atoms with E-state index in [2.05, 4.69) is 32.7 Å². The van der Waals surface area contributed by atoms with Gasteiger partial charge >= 0.3 is 0 Å². The topological polar surface area (TPSA) is 12.0 Å². The van der Waals surface area contributed by atoms with Crippen LogP contribution in [-0.2, 0) is 0 Å². The number of thiophene rings is 1. The van der Waals surface area contributed by atoms with Gasteiger partial charge in [0.15, 0.2) is 0 Å². The van der Waals surface area contributed by atoms with Crippen molar-refractivity contribution in [2.24, 2.45) is 0 Å². The maximum atomic E-state index is 13.4. The summed E-state index contributed by atoms with van der Waals surface area (Å²) >= 11 is 5.08. The average molecular weight is 314 g/mol. The van der Waals surface area contributed by atoms with Crippen LogP contribution in [0, 0.1) is 12.7 Å². The second-order valence-electron chi connectivity index (χ2n) is 3.97. The molecule has 4 heteroatoms. The highest BCUT2D eigenvalue weighted by atomic mass is 79.9.